The van der Waals surface area contributed by atoms with Crippen molar-refractivity contribution >= 4 is 26.8 Å². The van der Waals surface area contributed by atoms with Crippen LogP contribution in [0.25, 0.3) is 10.9 Å². The fourth-order valence-electron chi connectivity index (χ4n) is 2.28. The van der Waals surface area contributed by atoms with E-state index in [9.17, 15) is 0 Å². The lowest BCUT2D eigenvalue weighted by Gasteiger charge is -2.08. The Hall–Kier alpha value is -0.800. The molecule has 2 nitrogen and oxygen atoms in total. The number of nitrogens with two attached hydrogens (primary N) is 1. The molecule has 0 spiro atoms. The van der Waals surface area contributed by atoms with Crippen LogP contribution in [0.3, 0.4) is 0 Å². The summed E-state index contributed by atoms with van der Waals surface area (Å²) >= 11 is 3.65. The topological polar surface area (TPSA) is 30.9 Å². The van der Waals surface area contributed by atoms with Gasteiger partial charge in [0.25, 0.3) is 0 Å². The largest absolute Gasteiger partial charge is 0.345 e. The standard InChI is InChI=1S/C14H19BrN2/c1-9(2)17-8-11(7-10(3)16)14-12(15)5-4-6-13(14)17/h4-6,8-10H,7,16H2,1-3H3. The Kier molecular flexibility index (Phi) is 3.59. The van der Waals surface area contributed by atoms with Gasteiger partial charge in [-0.3, -0.25) is 0 Å². The van der Waals surface area contributed by atoms with E-state index in [-0.39, 0.29) is 6.04 Å². The third-order valence-electron chi connectivity index (χ3n) is 2.98. The molecule has 0 bridgehead atoms. The zero-order valence-electron chi connectivity index (χ0n) is 10.6. The van der Waals surface area contributed by atoms with Crippen LogP contribution in [0.2, 0.25) is 0 Å². The summed E-state index contributed by atoms with van der Waals surface area (Å²) in [6.45, 7) is 6.46. The van der Waals surface area contributed by atoms with Crippen LogP contribution < -0.4 is 5.73 Å². The van der Waals surface area contributed by atoms with Crippen molar-refractivity contribution in [2.45, 2.75) is 39.3 Å². The predicted molar refractivity (Wildman–Crippen MR) is 77.4 cm³/mol. The lowest BCUT2D eigenvalue weighted by atomic mass is 10.1. The Labute approximate surface area is 111 Å². The van der Waals surface area contributed by atoms with E-state index < -0.39 is 0 Å². The molecule has 0 saturated carbocycles. The van der Waals surface area contributed by atoms with Crippen molar-refractivity contribution < 1.29 is 0 Å². The minimum atomic E-state index is 0.188. The van der Waals surface area contributed by atoms with Gasteiger partial charge in [-0.25, -0.2) is 0 Å². The molecule has 2 aromatic rings. The van der Waals surface area contributed by atoms with E-state index in [1.54, 1.807) is 0 Å². The minimum absolute atomic E-state index is 0.188. The van der Waals surface area contributed by atoms with Crippen LogP contribution >= 0.6 is 15.9 Å². The first-order chi connectivity index (χ1) is 8.00. The van der Waals surface area contributed by atoms with Gasteiger partial charge in [0, 0.05) is 33.7 Å². The molecule has 0 amide bonds. The number of halogens is 1. The second-order valence-electron chi connectivity index (χ2n) is 4.97. The second kappa shape index (κ2) is 4.83. The van der Waals surface area contributed by atoms with Gasteiger partial charge in [-0.05, 0) is 44.9 Å². The van der Waals surface area contributed by atoms with Crippen LogP contribution in [-0.4, -0.2) is 10.6 Å². The molecule has 92 valence electrons. The molecule has 0 aliphatic rings. The highest BCUT2D eigenvalue weighted by Gasteiger charge is 2.13. The van der Waals surface area contributed by atoms with Crippen molar-refractivity contribution in [1.29, 1.82) is 0 Å². The van der Waals surface area contributed by atoms with Crippen LogP contribution in [0.4, 0.5) is 0 Å². The average molecular weight is 295 g/mol. The molecule has 2 N–H and O–H groups in total. The molecule has 0 radical (unpaired) electrons. The summed E-state index contributed by atoms with van der Waals surface area (Å²) in [4.78, 5) is 0. The summed E-state index contributed by atoms with van der Waals surface area (Å²) in [7, 11) is 0. The van der Waals surface area contributed by atoms with Crippen molar-refractivity contribution in [2.75, 3.05) is 0 Å². The molecule has 0 fully saturated rings. The van der Waals surface area contributed by atoms with Gasteiger partial charge in [-0.1, -0.05) is 22.0 Å². The SMILES string of the molecule is CC(N)Cc1cn(C(C)C)c2cccc(Br)c12. The van der Waals surface area contributed by atoms with Gasteiger partial charge in [-0.2, -0.15) is 0 Å². The number of benzene rings is 1. The van der Waals surface area contributed by atoms with Gasteiger partial charge in [-0.15, -0.1) is 0 Å². The number of fused-ring (bicyclic) bond motifs is 1. The number of aromatic nitrogens is 1. The highest BCUT2D eigenvalue weighted by Crippen LogP contribution is 2.31. The van der Waals surface area contributed by atoms with Crippen LogP contribution in [0.15, 0.2) is 28.9 Å². The third-order valence-corrected chi connectivity index (χ3v) is 3.64. The minimum Gasteiger partial charge on any atom is -0.345 e. The van der Waals surface area contributed by atoms with Crippen LogP contribution in [0.5, 0.6) is 0 Å². The van der Waals surface area contributed by atoms with E-state index in [2.05, 4.69) is 65.7 Å². The normalized spacial score (nSPS) is 13.5. The molecule has 1 heterocycles. The molecule has 1 unspecified atom stereocenters. The quantitative estimate of drug-likeness (QED) is 0.915. The van der Waals surface area contributed by atoms with Gasteiger partial charge >= 0.3 is 0 Å². The van der Waals surface area contributed by atoms with Gasteiger partial charge in [0.15, 0.2) is 0 Å². The summed E-state index contributed by atoms with van der Waals surface area (Å²) < 4.78 is 3.47. The van der Waals surface area contributed by atoms with Gasteiger partial charge in [0.2, 0.25) is 0 Å². The maximum atomic E-state index is 5.93. The van der Waals surface area contributed by atoms with E-state index in [1.807, 2.05) is 0 Å². The molecule has 1 atom stereocenters. The smallest absolute Gasteiger partial charge is 0.0497 e. The fourth-order valence-corrected chi connectivity index (χ4v) is 2.89. The average Bonchev–Trinajstić information content (AvgIpc) is 2.57. The first-order valence-electron chi connectivity index (χ1n) is 6.04. The molecule has 17 heavy (non-hydrogen) atoms. The van der Waals surface area contributed by atoms with E-state index in [0.717, 1.165) is 10.9 Å². The van der Waals surface area contributed by atoms with Gasteiger partial charge in [0.1, 0.15) is 0 Å². The first kappa shape index (κ1) is 12.7. The molecular weight excluding hydrogens is 276 g/mol. The molecule has 1 aromatic heterocycles. The van der Waals surface area contributed by atoms with Crippen LogP contribution in [-0.2, 0) is 6.42 Å². The molecule has 0 aliphatic carbocycles. The maximum absolute atomic E-state index is 5.93. The van der Waals surface area contributed by atoms with E-state index >= 15 is 0 Å². The highest BCUT2D eigenvalue weighted by molar-refractivity contribution is 9.10. The summed E-state index contributed by atoms with van der Waals surface area (Å²) in [6.07, 6.45) is 3.16. The number of rotatable bonds is 3. The second-order valence-corrected chi connectivity index (χ2v) is 5.83. The van der Waals surface area contributed by atoms with Crippen LogP contribution in [0.1, 0.15) is 32.4 Å². The van der Waals surface area contributed by atoms with Crippen molar-refractivity contribution in [3.8, 4) is 0 Å². The Morgan fingerprint density at radius 2 is 2.00 bits per heavy atom. The summed E-state index contributed by atoms with van der Waals surface area (Å²) in [5, 5.41) is 1.30. The summed E-state index contributed by atoms with van der Waals surface area (Å²) in [5.41, 5.74) is 8.54. The van der Waals surface area contributed by atoms with Crippen molar-refractivity contribution in [3.63, 3.8) is 0 Å². The zero-order valence-corrected chi connectivity index (χ0v) is 12.2. The molecule has 0 aliphatic heterocycles. The Morgan fingerprint density at radius 3 is 2.59 bits per heavy atom. The van der Waals surface area contributed by atoms with E-state index in [1.165, 1.54) is 16.5 Å². The van der Waals surface area contributed by atoms with Crippen molar-refractivity contribution in [3.05, 3.63) is 34.4 Å². The Balaban J connectivity index is 2.67. The summed E-state index contributed by atoms with van der Waals surface area (Å²) in [5.74, 6) is 0. The number of hydrogen-bond donors (Lipinski definition) is 1. The van der Waals surface area contributed by atoms with Gasteiger partial charge in [0.05, 0.1) is 0 Å². The van der Waals surface area contributed by atoms with Crippen molar-refractivity contribution in [2.24, 2.45) is 5.73 Å². The lowest BCUT2D eigenvalue weighted by Crippen LogP contribution is -2.17. The highest BCUT2D eigenvalue weighted by atomic mass is 79.9. The molecule has 1 aromatic carbocycles. The monoisotopic (exact) mass is 294 g/mol. The maximum Gasteiger partial charge on any atom is 0.0497 e. The zero-order chi connectivity index (χ0) is 12.6. The molecule has 3 heteroatoms. The first-order valence-corrected chi connectivity index (χ1v) is 6.83. The third kappa shape index (κ3) is 2.40. The molecule has 0 saturated heterocycles. The fraction of sp³-hybridized carbons (Fsp3) is 0.429. The van der Waals surface area contributed by atoms with Crippen molar-refractivity contribution in [1.82, 2.24) is 4.57 Å². The number of hydrogen-bond acceptors (Lipinski definition) is 1. The van der Waals surface area contributed by atoms with E-state index in [0.29, 0.717) is 6.04 Å². The lowest BCUT2D eigenvalue weighted by molar-refractivity contribution is 0.618. The summed E-state index contributed by atoms with van der Waals surface area (Å²) in [6, 6.07) is 7.01. The Morgan fingerprint density at radius 1 is 1.29 bits per heavy atom. The van der Waals surface area contributed by atoms with E-state index in [4.69, 9.17) is 5.73 Å². The van der Waals surface area contributed by atoms with Gasteiger partial charge < -0.3 is 10.3 Å². The molecule has 2 rings (SSSR count). The van der Waals surface area contributed by atoms with Crippen LogP contribution in [0, 0.1) is 0 Å². The molecular formula is C14H19BrN2. The predicted octanol–water partition coefficient (Wildman–Crippen LogP) is 3.87. The Bertz CT molecular complexity index is 526. The number of nitrogens with zero attached hydrogens (tertiary/aromatic N) is 1.